The average Bonchev–Trinajstić information content (AvgIpc) is 3.19. The van der Waals surface area contributed by atoms with Gasteiger partial charge in [-0.05, 0) is 47.5 Å². The lowest BCUT2D eigenvalue weighted by molar-refractivity contribution is 0.385. The molecule has 0 saturated carbocycles. The van der Waals surface area contributed by atoms with Gasteiger partial charge < -0.3 is 21.7 Å². The van der Waals surface area contributed by atoms with Crippen molar-refractivity contribution in [3.63, 3.8) is 0 Å². The quantitative estimate of drug-likeness (QED) is 0.394. The molecule has 5 N–H and O–H groups in total. The van der Waals surface area contributed by atoms with Crippen LogP contribution in [0.15, 0.2) is 77.7 Å². The minimum absolute atomic E-state index is 0.0740. The molecule has 1 saturated heterocycles. The van der Waals surface area contributed by atoms with Crippen molar-refractivity contribution < 1.29 is 0 Å². The van der Waals surface area contributed by atoms with E-state index in [0.717, 1.165) is 65.5 Å². The highest BCUT2D eigenvalue weighted by molar-refractivity contribution is 8.32. The van der Waals surface area contributed by atoms with Crippen LogP contribution in [-0.4, -0.2) is 48.7 Å². The second-order valence-corrected chi connectivity index (χ2v) is 13.4. The predicted octanol–water partition coefficient (Wildman–Crippen LogP) is 5.15. The molecule has 2 aliphatic rings. The normalized spacial score (nSPS) is 23.9. The Morgan fingerprint density at radius 2 is 1.37 bits per heavy atom. The van der Waals surface area contributed by atoms with E-state index in [2.05, 4.69) is 50.9 Å². The summed E-state index contributed by atoms with van der Waals surface area (Å²) in [5.41, 5.74) is 17.1. The molecule has 0 radical (unpaired) electrons. The Hall–Kier alpha value is -1.77. The molecule has 0 aromatic heterocycles. The molecule has 0 amide bonds. The number of nitrogens with two attached hydrogens (primary N) is 2. The number of benzene rings is 3. The Kier molecular flexibility index (Phi) is 7.61. The number of piperazine rings is 1. The molecule has 35 heavy (non-hydrogen) atoms. The summed E-state index contributed by atoms with van der Waals surface area (Å²) < 4.78 is 2.71. The van der Waals surface area contributed by atoms with Gasteiger partial charge in [0.05, 0.1) is 11.6 Å². The predicted molar refractivity (Wildman–Crippen MR) is 151 cm³/mol. The van der Waals surface area contributed by atoms with E-state index in [-0.39, 0.29) is 12.1 Å². The molecule has 2 aliphatic heterocycles. The Morgan fingerprint density at radius 3 is 2.00 bits per heavy atom. The molecule has 3 aromatic carbocycles. The summed E-state index contributed by atoms with van der Waals surface area (Å²) in [6.07, 6.45) is 0. The van der Waals surface area contributed by atoms with E-state index >= 15 is 0 Å². The van der Waals surface area contributed by atoms with Gasteiger partial charge in [0.2, 0.25) is 0 Å². The van der Waals surface area contributed by atoms with Gasteiger partial charge in [-0.3, -0.25) is 4.31 Å². The lowest BCUT2D eigenvalue weighted by Gasteiger charge is -2.49. The van der Waals surface area contributed by atoms with Gasteiger partial charge in [0.25, 0.3) is 0 Å². The molecule has 3 atom stereocenters. The molecule has 8 heteroatoms. The van der Waals surface area contributed by atoms with Crippen molar-refractivity contribution in [2.75, 3.05) is 49.3 Å². The van der Waals surface area contributed by atoms with E-state index < -0.39 is 10.2 Å². The fourth-order valence-electron chi connectivity index (χ4n) is 5.21. The van der Waals surface area contributed by atoms with Crippen LogP contribution in [0.1, 0.15) is 23.2 Å². The summed E-state index contributed by atoms with van der Waals surface area (Å²) in [6.45, 7) is 4.78. The second-order valence-electron chi connectivity index (χ2n) is 9.32. The Labute approximate surface area is 219 Å². The third kappa shape index (κ3) is 5.20. The first-order valence-corrected chi connectivity index (χ1v) is 14.8. The van der Waals surface area contributed by atoms with Crippen LogP contribution in [0.2, 0.25) is 10.0 Å². The Balaban J connectivity index is 1.48. The van der Waals surface area contributed by atoms with Crippen LogP contribution in [-0.2, 0) is 0 Å². The van der Waals surface area contributed by atoms with Gasteiger partial charge in [0, 0.05) is 65.5 Å². The molecule has 0 aliphatic carbocycles. The molecular weight excluding hydrogens is 497 g/mol. The summed E-state index contributed by atoms with van der Waals surface area (Å²) in [4.78, 5) is 3.91. The SMILES string of the molecule is NC(CN1CS(CC(N)c2ccc(Cl)cc2)(N2CCNCC2)c2ccccc21)c1ccc(Cl)cc1. The van der Waals surface area contributed by atoms with Gasteiger partial charge in [-0.25, -0.2) is 0 Å². The highest BCUT2D eigenvalue weighted by atomic mass is 35.5. The van der Waals surface area contributed by atoms with Crippen LogP contribution in [0.5, 0.6) is 0 Å². The maximum absolute atomic E-state index is 6.91. The molecule has 1 fully saturated rings. The molecule has 5 nitrogen and oxygen atoms in total. The number of rotatable bonds is 7. The summed E-state index contributed by atoms with van der Waals surface area (Å²) in [5.74, 6) is 1.84. The van der Waals surface area contributed by atoms with Crippen molar-refractivity contribution in [3.8, 4) is 0 Å². The summed E-state index contributed by atoms with van der Waals surface area (Å²) >= 11 is 12.3. The van der Waals surface area contributed by atoms with Crippen molar-refractivity contribution in [1.82, 2.24) is 9.62 Å². The molecule has 2 heterocycles. The third-order valence-corrected chi connectivity index (χ3v) is 11.7. The van der Waals surface area contributed by atoms with Crippen LogP contribution in [0.4, 0.5) is 5.69 Å². The largest absolute Gasteiger partial charge is 0.359 e. The van der Waals surface area contributed by atoms with E-state index in [1.807, 2.05) is 36.4 Å². The number of nitrogens with zero attached hydrogens (tertiary/aromatic N) is 2. The smallest absolute Gasteiger partial charge is 0.0641 e. The van der Waals surface area contributed by atoms with Crippen LogP contribution in [0.25, 0.3) is 0 Å². The lowest BCUT2D eigenvalue weighted by Crippen LogP contribution is -2.47. The summed E-state index contributed by atoms with van der Waals surface area (Å²) in [6, 6.07) is 24.6. The van der Waals surface area contributed by atoms with Crippen LogP contribution in [0, 0.1) is 0 Å². The first kappa shape index (κ1) is 24.9. The van der Waals surface area contributed by atoms with Crippen molar-refractivity contribution in [2.24, 2.45) is 11.5 Å². The summed E-state index contributed by atoms with van der Waals surface area (Å²) in [5, 5.41) is 4.98. The van der Waals surface area contributed by atoms with E-state index in [4.69, 9.17) is 34.7 Å². The molecule has 5 rings (SSSR count). The maximum atomic E-state index is 6.91. The second kappa shape index (κ2) is 10.7. The van der Waals surface area contributed by atoms with E-state index in [1.165, 1.54) is 10.6 Å². The van der Waals surface area contributed by atoms with Crippen molar-refractivity contribution in [1.29, 1.82) is 0 Å². The van der Waals surface area contributed by atoms with Gasteiger partial charge >= 0.3 is 0 Å². The Morgan fingerprint density at radius 1 is 0.800 bits per heavy atom. The van der Waals surface area contributed by atoms with Crippen molar-refractivity contribution in [2.45, 2.75) is 17.0 Å². The molecule has 0 spiro atoms. The maximum Gasteiger partial charge on any atom is 0.0641 e. The topological polar surface area (TPSA) is 70.5 Å². The van der Waals surface area contributed by atoms with Gasteiger partial charge in [-0.2, -0.15) is 0 Å². The minimum Gasteiger partial charge on any atom is -0.359 e. The van der Waals surface area contributed by atoms with Gasteiger partial charge in [0.15, 0.2) is 0 Å². The van der Waals surface area contributed by atoms with Gasteiger partial charge in [-0.15, -0.1) is 10.2 Å². The van der Waals surface area contributed by atoms with E-state index in [1.54, 1.807) is 0 Å². The van der Waals surface area contributed by atoms with Crippen LogP contribution >= 0.6 is 33.4 Å². The van der Waals surface area contributed by atoms with Crippen molar-refractivity contribution in [3.05, 3.63) is 94.0 Å². The molecular formula is C27H33Cl2N5S. The van der Waals surface area contributed by atoms with E-state index in [9.17, 15) is 0 Å². The number of para-hydroxylation sites is 1. The van der Waals surface area contributed by atoms with Crippen LogP contribution in [0.3, 0.4) is 0 Å². The number of hydrogen-bond acceptors (Lipinski definition) is 5. The molecule has 3 unspecified atom stereocenters. The molecule has 186 valence electrons. The number of hydrogen-bond donors (Lipinski definition) is 3. The van der Waals surface area contributed by atoms with Gasteiger partial charge in [-0.1, -0.05) is 59.6 Å². The fraction of sp³-hybridized carbons (Fsp3) is 0.333. The zero-order valence-corrected chi connectivity index (χ0v) is 22.1. The molecule has 0 bridgehead atoms. The minimum atomic E-state index is -1.38. The third-order valence-electron chi connectivity index (χ3n) is 7.02. The first-order valence-electron chi connectivity index (χ1n) is 12.1. The lowest BCUT2D eigenvalue weighted by atomic mass is 10.1. The highest BCUT2D eigenvalue weighted by Gasteiger charge is 2.44. The van der Waals surface area contributed by atoms with Crippen molar-refractivity contribution >= 4 is 39.1 Å². The monoisotopic (exact) mass is 529 g/mol. The number of anilines is 1. The van der Waals surface area contributed by atoms with Crippen LogP contribution < -0.4 is 21.7 Å². The highest BCUT2D eigenvalue weighted by Crippen LogP contribution is 2.67. The standard InChI is InChI=1S/C27H33Cl2N5S/c28-22-9-5-20(6-10-22)24(30)17-33-19-35(34-15-13-32-14-16-34,27-4-2-1-3-26(27)33)18-25(31)21-7-11-23(29)12-8-21/h1-12,24-25,32H,13-19,30-31H2. The number of nitrogens with one attached hydrogen (secondary N) is 1. The Bertz CT molecular complexity index is 1140. The van der Waals surface area contributed by atoms with E-state index in [0.29, 0.717) is 0 Å². The van der Waals surface area contributed by atoms with Gasteiger partial charge in [0.1, 0.15) is 0 Å². The first-order chi connectivity index (χ1) is 17.0. The molecule has 3 aromatic rings. The average molecular weight is 531 g/mol. The zero-order chi connectivity index (χ0) is 24.4. The number of fused-ring (bicyclic) bond motifs is 1. The summed E-state index contributed by atoms with van der Waals surface area (Å²) in [7, 11) is -1.38. The fourth-order valence-corrected chi connectivity index (χ4v) is 9.88. The number of halogens is 2. The zero-order valence-electron chi connectivity index (χ0n) is 19.7.